The molecular weight excluding hydrogens is 120 g/mol. The summed E-state index contributed by atoms with van der Waals surface area (Å²) in [6.45, 7) is 0. The van der Waals surface area contributed by atoms with E-state index in [9.17, 15) is 0 Å². The van der Waals surface area contributed by atoms with Crippen molar-refractivity contribution in [2.24, 2.45) is 5.92 Å². The van der Waals surface area contributed by atoms with E-state index in [0.717, 1.165) is 5.92 Å². The van der Waals surface area contributed by atoms with Gasteiger partial charge in [-0.15, -0.1) is 11.8 Å². The van der Waals surface area contributed by atoms with E-state index in [1.165, 1.54) is 12.2 Å². The van der Waals surface area contributed by atoms with E-state index >= 15 is 0 Å². The highest BCUT2D eigenvalue weighted by molar-refractivity contribution is 8.00. The van der Waals surface area contributed by atoms with Gasteiger partial charge in [-0.05, 0) is 18.2 Å². The molecule has 1 fully saturated rings. The molecule has 2 aliphatic heterocycles. The largest absolute Gasteiger partial charge is 0.487 e. The monoisotopic (exact) mass is 128 g/mol. The van der Waals surface area contributed by atoms with Crippen LogP contribution in [0, 0.1) is 5.92 Å². The van der Waals surface area contributed by atoms with Crippen LogP contribution in [0.3, 0.4) is 0 Å². The fourth-order valence-corrected chi connectivity index (χ4v) is 2.39. The minimum Gasteiger partial charge on any atom is -0.487 e. The molecule has 1 saturated heterocycles. The Bertz CT molecular complexity index is 122. The fraction of sp³-hybridized carbons (Fsp3) is 0.667. The Labute approximate surface area is 53.1 Å². The van der Waals surface area contributed by atoms with Crippen molar-refractivity contribution in [2.45, 2.75) is 11.9 Å². The van der Waals surface area contributed by atoms with Gasteiger partial charge in [0, 0.05) is 5.92 Å². The number of hydrogen-bond donors (Lipinski definition) is 0. The summed E-state index contributed by atoms with van der Waals surface area (Å²) in [6.07, 6.45) is 5.32. The molecule has 2 heterocycles. The summed E-state index contributed by atoms with van der Waals surface area (Å²) >= 11 is 1.93. The molecule has 0 spiro atoms. The van der Waals surface area contributed by atoms with Gasteiger partial charge < -0.3 is 4.74 Å². The third kappa shape index (κ3) is 0.558. The molecule has 8 heavy (non-hydrogen) atoms. The quantitative estimate of drug-likeness (QED) is 0.490. The van der Waals surface area contributed by atoms with Crippen molar-refractivity contribution in [3.8, 4) is 0 Å². The van der Waals surface area contributed by atoms with Crippen molar-refractivity contribution >= 4 is 11.8 Å². The van der Waals surface area contributed by atoms with Gasteiger partial charge in [-0.1, -0.05) is 0 Å². The van der Waals surface area contributed by atoms with Crippen molar-refractivity contribution < 1.29 is 4.74 Å². The van der Waals surface area contributed by atoms with Crippen molar-refractivity contribution in [3.05, 3.63) is 12.3 Å². The number of thioether (sulfide) groups is 1. The van der Waals surface area contributed by atoms with E-state index in [4.69, 9.17) is 4.74 Å². The maximum atomic E-state index is 5.26. The van der Waals surface area contributed by atoms with Crippen molar-refractivity contribution in [1.82, 2.24) is 0 Å². The van der Waals surface area contributed by atoms with Gasteiger partial charge in [-0.3, -0.25) is 0 Å². The maximum absolute atomic E-state index is 5.26. The van der Waals surface area contributed by atoms with Gasteiger partial charge in [-0.2, -0.15) is 0 Å². The molecule has 2 rings (SSSR count). The summed E-state index contributed by atoms with van der Waals surface area (Å²) in [4.78, 5) is 0. The minimum atomic E-state index is 0.481. The average molecular weight is 128 g/mol. The smallest absolute Gasteiger partial charge is 0.149 e. The van der Waals surface area contributed by atoms with Crippen LogP contribution in [0.2, 0.25) is 0 Å². The summed E-state index contributed by atoms with van der Waals surface area (Å²) < 4.78 is 5.26. The SMILES string of the molecule is C1=C[C@H]2CCS[C@H]2O1. The van der Waals surface area contributed by atoms with E-state index in [-0.39, 0.29) is 0 Å². The maximum Gasteiger partial charge on any atom is 0.149 e. The van der Waals surface area contributed by atoms with Crippen molar-refractivity contribution in [1.29, 1.82) is 0 Å². The molecule has 0 bridgehead atoms. The van der Waals surface area contributed by atoms with E-state index < -0.39 is 0 Å². The zero-order valence-electron chi connectivity index (χ0n) is 4.54. The lowest BCUT2D eigenvalue weighted by Gasteiger charge is -2.04. The van der Waals surface area contributed by atoms with Crippen LogP contribution in [0.1, 0.15) is 6.42 Å². The van der Waals surface area contributed by atoms with Crippen LogP contribution in [0.25, 0.3) is 0 Å². The summed E-state index contributed by atoms with van der Waals surface area (Å²) in [5, 5.41) is 0. The molecule has 44 valence electrons. The van der Waals surface area contributed by atoms with Crippen LogP contribution in [-0.4, -0.2) is 11.2 Å². The average Bonchev–Trinajstić information content (AvgIpc) is 2.15. The lowest BCUT2D eigenvalue weighted by atomic mass is 10.1. The topological polar surface area (TPSA) is 9.23 Å². The first-order chi connectivity index (χ1) is 3.97. The summed E-state index contributed by atoms with van der Waals surface area (Å²) in [7, 11) is 0. The van der Waals surface area contributed by atoms with Gasteiger partial charge in [0.2, 0.25) is 0 Å². The van der Waals surface area contributed by atoms with Gasteiger partial charge in [0.25, 0.3) is 0 Å². The molecular formula is C6H8OS. The Balaban J connectivity index is 2.13. The first kappa shape index (κ1) is 4.74. The van der Waals surface area contributed by atoms with Crippen LogP contribution in [0.5, 0.6) is 0 Å². The standard InChI is InChI=1S/C6H8OS/c1-3-7-6-5(1)2-4-8-6/h1,3,5-6H,2,4H2/t5-,6+/m0/s1. The van der Waals surface area contributed by atoms with Crippen LogP contribution in [0.4, 0.5) is 0 Å². The number of rotatable bonds is 0. The van der Waals surface area contributed by atoms with Crippen LogP contribution in [0.15, 0.2) is 12.3 Å². The second-order valence-corrected chi connectivity index (χ2v) is 3.36. The zero-order valence-corrected chi connectivity index (χ0v) is 5.36. The van der Waals surface area contributed by atoms with E-state index in [1.807, 2.05) is 18.0 Å². The highest BCUT2D eigenvalue weighted by atomic mass is 32.2. The predicted octanol–water partition coefficient (Wildman–Crippen LogP) is 1.61. The van der Waals surface area contributed by atoms with Crippen LogP contribution in [-0.2, 0) is 4.74 Å². The summed E-state index contributed by atoms with van der Waals surface area (Å²) in [5.74, 6) is 2.01. The van der Waals surface area contributed by atoms with E-state index in [1.54, 1.807) is 0 Å². The molecule has 0 aromatic heterocycles. The lowest BCUT2D eigenvalue weighted by molar-refractivity contribution is 0.222. The third-order valence-corrected chi connectivity index (χ3v) is 2.88. The Hall–Kier alpha value is -0.110. The summed E-state index contributed by atoms with van der Waals surface area (Å²) in [6, 6.07) is 0. The van der Waals surface area contributed by atoms with Gasteiger partial charge in [0.15, 0.2) is 0 Å². The molecule has 0 aromatic carbocycles. The fourth-order valence-electron chi connectivity index (χ4n) is 1.13. The minimum absolute atomic E-state index is 0.481. The van der Waals surface area contributed by atoms with Crippen LogP contribution >= 0.6 is 11.8 Å². The Morgan fingerprint density at radius 2 is 2.62 bits per heavy atom. The van der Waals surface area contributed by atoms with Crippen molar-refractivity contribution in [2.75, 3.05) is 5.75 Å². The molecule has 1 nitrogen and oxygen atoms in total. The van der Waals surface area contributed by atoms with Crippen LogP contribution < -0.4 is 0 Å². The lowest BCUT2D eigenvalue weighted by Crippen LogP contribution is -2.03. The predicted molar refractivity (Wildman–Crippen MR) is 34.6 cm³/mol. The Morgan fingerprint density at radius 1 is 1.62 bits per heavy atom. The number of hydrogen-bond acceptors (Lipinski definition) is 2. The first-order valence-corrected chi connectivity index (χ1v) is 3.95. The molecule has 0 unspecified atom stereocenters. The molecule has 0 saturated carbocycles. The zero-order chi connectivity index (χ0) is 5.40. The third-order valence-electron chi connectivity index (χ3n) is 1.62. The number of ether oxygens (including phenoxy) is 1. The summed E-state index contributed by atoms with van der Waals surface area (Å²) in [5.41, 5.74) is 0.481. The molecule has 0 aromatic rings. The molecule has 0 amide bonds. The molecule has 0 aliphatic carbocycles. The van der Waals surface area contributed by atoms with Gasteiger partial charge in [0.1, 0.15) is 5.44 Å². The van der Waals surface area contributed by atoms with E-state index in [2.05, 4.69) is 6.08 Å². The van der Waals surface area contributed by atoms with Gasteiger partial charge in [0.05, 0.1) is 6.26 Å². The normalized spacial score (nSPS) is 42.0. The molecule has 0 N–H and O–H groups in total. The van der Waals surface area contributed by atoms with E-state index in [0.29, 0.717) is 5.44 Å². The Kier molecular flexibility index (Phi) is 1.00. The molecule has 2 atom stereocenters. The second-order valence-electron chi connectivity index (χ2n) is 2.16. The first-order valence-electron chi connectivity index (χ1n) is 2.90. The second kappa shape index (κ2) is 1.69. The highest BCUT2D eigenvalue weighted by Gasteiger charge is 2.29. The van der Waals surface area contributed by atoms with Gasteiger partial charge >= 0.3 is 0 Å². The van der Waals surface area contributed by atoms with Crippen molar-refractivity contribution in [3.63, 3.8) is 0 Å². The molecule has 0 radical (unpaired) electrons. The molecule has 2 aliphatic rings. The number of fused-ring (bicyclic) bond motifs is 1. The van der Waals surface area contributed by atoms with Gasteiger partial charge in [-0.25, -0.2) is 0 Å². The molecule has 2 heteroatoms. The highest BCUT2D eigenvalue weighted by Crippen LogP contribution is 2.37. The Morgan fingerprint density at radius 3 is 3.50 bits per heavy atom.